The molecule has 2 amide bonds. The van der Waals surface area contributed by atoms with E-state index in [0.717, 1.165) is 5.56 Å². The summed E-state index contributed by atoms with van der Waals surface area (Å²) >= 11 is 0. The van der Waals surface area contributed by atoms with Gasteiger partial charge in [-0.2, -0.15) is 0 Å². The maximum Gasteiger partial charge on any atom is 0.354 e. The number of rotatable bonds is 3. The number of benzene rings is 1. The van der Waals surface area contributed by atoms with E-state index in [1.54, 1.807) is 4.90 Å². The van der Waals surface area contributed by atoms with Crippen molar-refractivity contribution in [3.05, 3.63) is 65.5 Å². The second kappa shape index (κ2) is 7.12. The molecule has 0 bridgehead atoms. The van der Waals surface area contributed by atoms with Gasteiger partial charge in [-0.1, -0.05) is 30.3 Å². The zero-order valence-corrected chi connectivity index (χ0v) is 13.4. The molecule has 1 aromatic carbocycles. The standard InChI is InChI=1S/C18H17N3O4/c22-16-10-15(12-4-2-1-3-5-12)21(9-8-19-16)17(23)13-6-7-14(18(24)25)20-11-13/h1-7,11,15H,8-10H2,(H,19,22)(H,24,25)/t15-/m0/s1. The average molecular weight is 339 g/mol. The SMILES string of the molecule is O=C1C[C@@H](c2ccccc2)N(C(=O)c2ccc(C(=O)O)nc2)CCN1. The third-order valence-corrected chi connectivity index (χ3v) is 4.10. The lowest BCUT2D eigenvalue weighted by molar-refractivity contribution is -0.121. The van der Waals surface area contributed by atoms with Crippen LogP contribution in [0.5, 0.6) is 0 Å². The topological polar surface area (TPSA) is 99.6 Å². The van der Waals surface area contributed by atoms with E-state index in [4.69, 9.17) is 5.11 Å². The third kappa shape index (κ3) is 3.65. The molecular weight excluding hydrogens is 322 g/mol. The Morgan fingerprint density at radius 1 is 1.16 bits per heavy atom. The van der Waals surface area contributed by atoms with Gasteiger partial charge in [0, 0.05) is 19.3 Å². The number of hydrogen-bond acceptors (Lipinski definition) is 4. The van der Waals surface area contributed by atoms with Crippen LogP contribution in [0.3, 0.4) is 0 Å². The van der Waals surface area contributed by atoms with Gasteiger partial charge in [-0.25, -0.2) is 9.78 Å². The normalized spacial score (nSPS) is 17.5. The number of nitrogens with zero attached hydrogens (tertiary/aromatic N) is 2. The zero-order valence-electron chi connectivity index (χ0n) is 13.4. The van der Waals surface area contributed by atoms with Crippen molar-refractivity contribution in [3.8, 4) is 0 Å². The minimum absolute atomic E-state index is 0.108. The fourth-order valence-corrected chi connectivity index (χ4v) is 2.86. The van der Waals surface area contributed by atoms with Gasteiger partial charge in [-0.3, -0.25) is 9.59 Å². The number of pyridine rings is 1. The van der Waals surface area contributed by atoms with Crippen molar-refractivity contribution in [1.82, 2.24) is 15.2 Å². The van der Waals surface area contributed by atoms with Crippen molar-refractivity contribution in [3.63, 3.8) is 0 Å². The molecule has 25 heavy (non-hydrogen) atoms. The molecule has 0 unspecified atom stereocenters. The van der Waals surface area contributed by atoms with E-state index in [-0.39, 0.29) is 30.0 Å². The summed E-state index contributed by atoms with van der Waals surface area (Å²) in [4.78, 5) is 41.2. The number of carboxylic acid groups (broad SMARTS) is 1. The molecule has 1 fully saturated rings. The van der Waals surface area contributed by atoms with Crippen molar-refractivity contribution >= 4 is 17.8 Å². The van der Waals surface area contributed by atoms with Crippen molar-refractivity contribution in [2.45, 2.75) is 12.5 Å². The highest BCUT2D eigenvalue weighted by atomic mass is 16.4. The summed E-state index contributed by atoms with van der Waals surface area (Å²) in [6.07, 6.45) is 1.43. The lowest BCUT2D eigenvalue weighted by Gasteiger charge is -2.29. The molecule has 7 heteroatoms. The lowest BCUT2D eigenvalue weighted by Crippen LogP contribution is -2.36. The van der Waals surface area contributed by atoms with Crippen LogP contribution in [0, 0.1) is 0 Å². The maximum absolute atomic E-state index is 12.9. The molecule has 2 heterocycles. The van der Waals surface area contributed by atoms with Crippen LogP contribution in [0.4, 0.5) is 0 Å². The van der Waals surface area contributed by atoms with Gasteiger partial charge in [0.1, 0.15) is 5.69 Å². The minimum atomic E-state index is -1.15. The molecular formula is C18H17N3O4. The smallest absolute Gasteiger partial charge is 0.354 e. The molecule has 1 saturated heterocycles. The first-order valence-electron chi connectivity index (χ1n) is 7.88. The van der Waals surface area contributed by atoms with Gasteiger partial charge in [0.25, 0.3) is 5.91 Å². The first-order chi connectivity index (χ1) is 12.1. The van der Waals surface area contributed by atoms with Gasteiger partial charge in [0.2, 0.25) is 5.91 Å². The molecule has 1 atom stereocenters. The summed E-state index contributed by atoms with van der Waals surface area (Å²) in [5.41, 5.74) is 1.05. The highest BCUT2D eigenvalue weighted by molar-refractivity contribution is 5.95. The van der Waals surface area contributed by atoms with Crippen LogP contribution in [-0.2, 0) is 4.79 Å². The van der Waals surface area contributed by atoms with Crippen molar-refractivity contribution < 1.29 is 19.5 Å². The van der Waals surface area contributed by atoms with Crippen LogP contribution < -0.4 is 5.32 Å². The Labute approximate surface area is 144 Å². The first-order valence-corrected chi connectivity index (χ1v) is 7.88. The molecule has 3 rings (SSSR count). The number of hydrogen-bond donors (Lipinski definition) is 2. The number of aromatic carboxylic acids is 1. The van der Waals surface area contributed by atoms with Gasteiger partial charge in [-0.15, -0.1) is 0 Å². The third-order valence-electron chi connectivity index (χ3n) is 4.10. The number of carbonyl (C=O) groups is 3. The van der Waals surface area contributed by atoms with E-state index in [9.17, 15) is 14.4 Å². The molecule has 0 spiro atoms. The Kier molecular flexibility index (Phi) is 4.74. The quantitative estimate of drug-likeness (QED) is 0.882. The van der Waals surface area contributed by atoms with Crippen LogP contribution >= 0.6 is 0 Å². The molecule has 1 aliphatic rings. The number of nitrogens with one attached hydrogen (secondary N) is 1. The average Bonchev–Trinajstić information content (AvgIpc) is 2.83. The highest BCUT2D eigenvalue weighted by Crippen LogP contribution is 2.27. The van der Waals surface area contributed by atoms with Crippen molar-refractivity contribution in [1.29, 1.82) is 0 Å². The molecule has 0 saturated carbocycles. The Morgan fingerprint density at radius 2 is 1.92 bits per heavy atom. The summed E-state index contributed by atoms with van der Waals surface area (Å²) < 4.78 is 0. The fourth-order valence-electron chi connectivity index (χ4n) is 2.86. The lowest BCUT2D eigenvalue weighted by atomic mass is 10.0. The molecule has 1 aliphatic heterocycles. The molecule has 0 radical (unpaired) electrons. The van der Waals surface area contributed by atoms with E-state index in [1.165, 1.54) is 18.3 Å². The summed E-state index contributed by atoms with van der Waals surface area (Å²) in [5, 5.41) is 11.7. The Balaban J connectivity index is 1.92. The monoisotopic (exact) mass is 339 g/mol. The van der Waals surface area contributed by atoms with Crippen LogP contribution in [0.2, 0.25) is 0 Å². The Morgan fingerprint density at radius 3 is 2.56 bits per heavy atom. The van der Waals surface area contributed by atoms with Gasteiger partial charge in [0.15, 0.2) is 0 Å². The summed E-state index contributed by atoms with van der Waals surface area (Å²) in [6.45, 7) is 0.735. The second-order valence-corrected chi connectivity index (χ2v) is 5.72. The summed E-state index contributed by atoms with van der Waals surface area (Å²) in [7, 11) is 0. The summed E-state index contributed by atoms with van der Waals surface area (Å²) in [5.74, 6) is -1.54. The van der Waals surface area contributed by atoms with E-state index >= 15 is 0 Å². The maximum atomic E-state index is 12.9. The van der Waals surface area contributed by atoms with Crippen LogP contribution in [0.25, 0.3) is 0 Å². The Bertz CT molecular complexity index is 790. The van der Waals surface area contributed by atoms with E-state index in [2.05, 4.69) is 10.3 Å². The van der Waals surface area contributed by atoms with Crippen LogP contribution in [0.1, 0.15) is 38.9 Å². The molecule has 128 valence electrons. The molecule has 0 aliphatic carbocycles. The number of aromatic nitrogens is 1. The molecule has 1 aromatic heterocycles. The number of carbonyl (C=O) groups excluding carboxylic acids is 2. The van der Waals surface area contributed by atoms with Crippen LogP contribution in [-0.4, -0.2) is 45.9 Å². The molecule has 2 N–H and O–H groups in total. The zero-order chi connectivity index (χ0) is 17.8. The predicted octanol–water partition coefficient (Wildman–Crippen LogP) is 1.48. The Hall–Kier alpha value is -3.22. The van der Waals surface area contributed by atoms with Crippen molar-refractivity contribution in [2.24, 2.45) is 0 Å². The van der Waals surface area contributed by atoms with Crippen LogP contribution in [0.15, 0.2) is 48.7 Å². The minimum Gasteiger partial charge on any atom is -0.477 e. The number of amides is 2. The largest absolute Gasteiger partial charge is 0.477 e. The first kappa shape index (κ1) is 16.6. The van der Waals surface area contributed by atoms with Gasteiger partial charge >= 0.3 is 5.97 Å². The predicted molar refractivity (Wildman–Crippen MR) is 89.0 cm³/mol. The molecule has 2 aromatic rings. The highest BCUT2D eigenvalue weighted by Gasteiger charge is 2.30. The summed E-state index contributed by atoms with van der Waals surface area (Å²) in [6, 6.07) is 11.7. The fraction of sp³-hybridized carbons (Fsp3) is 0.222. The van der Waals surface area contributed by atoms with E-state index in [0.29, 0.717) is 18.7 Å². The van der Waals surface area contributed by atoms with E-state index in [1.807, 2.05) is 30.3 Å². The van der Waals surface area contributed by atoms with Crippen molar-refractivity contribution in [2.75, 3.05) is 13.1 Å². The second-order valence-electron chi connectivity index (χ2n) is 5.72. The number of carboxylic acids is 1. The van der Waals surface area contributed by atoms with Gasteiger partial charge < -0.3 is 15.3 Å². The molecule has 7 nitrogen and oxygen atoms in total. The van der Waals surface area contributed by atoms with Gasteiger partial charge in [-0.05, 0) is 17.7 Å². The van der Waals surface area contributed by atoms with E-state index < -0.39 is 5.97 Å². The van der Waals surface area contributed by atoms with Gasteiger partial charge in [0.05, 0.1) is 18.0 Å².